The zero-order chi connectivity index (χ0) is 29.8. The van der Waals surface area contributed by atoms with E-state index >= 15 is 0 Å². The third kappa shape index (κ3) is 6.34. The van der Waals surface area contributed by atoms with Crippen LogP contribution in [-0.4, -0.2) is 75.4 Å². The molecule has 224 valence electrons. The van der Waals surface area contributed by atoms with E-state index in [2.05, 4.69) is 32.0 Å². The van der Waals surface area contributed by atoms with Crippen LogP contribution in [0.3, 0.4) is 0 Å². The van der Waals surface area contributed by atoms with E-state index in [0.29, 0.717) is 29.1 Å². The monoisotopic (exact) mass is 581 g/mol. The first-order valence-corrected chi connectivity index (χ1v) is 15.3. The molecule has 0 aliphatic carbocycles. The second-order valence-corrected chi connectivity index (χ2v) is 11.2. The van der Waals surface area contributed by atoms with Crippen LogP contribution < -0.4 is 15.4 Å². The molecule has 0 bridgehead atoms. The van der Waals surface area contributed by atoms with Gasteiger partial charge in [0.05, 0.1) is 11.0 Å². The van der Waals surface area contributed by atoms with Crippen LogP contribution in [0, 0.1) is 0 Å². The van der Waals surface area contributed by atoms with Gasteiger partial charge in [-0.3, -0.25) is 14.6 Å². The Morgan fingerprint density at radius 2 is 1.67 bits per heavy atom. The number of aryl methyl sites for hydroxylation is 1. The van der Waals surface area contributed by atoms with E-state index in [1.807, 2.05) is 47.4 Å². The molecule has 4 aromatic rings. The second-order valence-electron chi connectivity index (χ2n) is 11.2. The van der Waals surface area contributed by atoms with Crippen molar-refractivity contribution in [1.82, 2.24) is 29.7 Å². The minimum absolute atomic E-state index is 0.105. The van der Waals surface area contributed by atoms with Crippen molar-refractivity contribution in [3.05, 3.63) is 72.1 Å². The number of hydrogen-bond donors (Lipinski definition) is 2. The van der Waals surface area contributed by atoms with Gasteiger partial charge in [0.2, 0.25) is 5.95 Å². The summed E-state index contributed by atoms with van der Waals surface area (Å²) in [6.45, 7) is 6.86. The summed E-state index contributed by atoms with van der Waals surface area (Å²) in [6.07, 6.45) is 7.62. The van der Waals surface area contributed by atoms with Gasteiger partial charge in [-0.1, -0.05) is 6.42 Å². The first-order valence-electron chi connectivity index (χ1n) is 15.3. The van der Waals surface area contributed by atoms with Gasteiger partial charge in [-0.15, -0.1) is 0 Å². The van der Waals surface area contributed by atoms with Crippen molar-refractivity contribution in [2.45, 2.75) is 51.6 Å². The number of nitrogens with zero attached hydrogens (tertiary/aromatic N) is 5. The molecule has 2 aliphatic heterocycles. The van der Waals surface area contributed by atoms with Crippen LogP contribution >= 0.6 is 0 Å². The van der Waals surface area contributed by atoms with Crippen molar-refractivity contribution >= 4 is 34.5 Å². The summed E-state index contributed by atoms with van der Waals surface area (Å²) in [4.78, 5) is 38.7. The lowest BCUT2D eigenvalue weighted by molar-refractivity contribution is 0.0590. The van der Waals surface area contributed by atoms with Gasteiger partial charge in [0, 0.05) is 62.3 Å². The van der Waals surface area contributed by atoms with Crippen LogP contribution in [0.15, 0.2) is 60.8 Å². The summed E-state index contributed by atoms with van der Waals surface area (Å²) in [7, 11) is 1.56. The van der Waals surface area contributed by atoms with Crippen LogP contribution in [0.25, 0.3) is 11.0 Å². The molecule has 10 heteroatoms. The molecular weight excluding hydrogens is 542 g/mol. The predicted molar refractivity (Wildman–Crippen MR) is 167 cm³/mol. The average Bonchev–Trinajstić information content (AvgIpc) is 3.41. The Hall–Kier alpha value is -4.44. The number of benzene rings is 2. The van der Waals surface area contributed by atoms with Gasteiger partial charge in [-0.2, -0.15) is 0 Å². The van der Waals surface area contributed by atoms with Gasteiger partial charge < -0.3 is 29.7 Å². The highest BCUT2D eigenvalue weighted by Gasteiger charge is 2.28. The van der Waals surface area contributed by atoms with Crippen LogP contribution in [-0.2, 0) is 6.54 Å². The van der Waals surface area contributed by atoms with E-state index in [0.717, 1.165) is 49.2 Å². The number of hydrogen-bond acceptors (Lipinski definition) is 7. The second kappa shape index (κ2) is 12.8. The molecule has 0 saturated carbocycles. The van der Waals surface area contributed by atoms with Crippen molar-refractivity contribution in [3.63, 3.8) is 0 Å². The first-order chi connectivity index (χ1) is 21.0. The highest BCUT2D eigenvalue weighted by Crippen LogP contribution is 2.29. The number of pyridine rings is 1. The Morgan fingerprint density at radius 3 is 2.40 bits per heavy atom. The Bertz CT molecular complexity index is 1590. The minimum Gasteiger partial charge on any atom is -0.457 e. The molecule has 2 aromatic carbocycles. The molecule has 0 atom stereocenters. The fourth-order valence-electron chi connectivity index (χ4n) is 6.18. The summed E-state index contributed by atoms with van der Waals surface area (Å²) in [5.41, 5.74) is 3.61. The maximum atomic E-state index is 13.2. The number of likely N-dealkylation sites (tertiary alicyclic amines) is 2. The molecule has 4 heterocycles. The highest BCUT2D eigenvalue weighted by molar-refractivity contribution is 5.95. The molecule has 2 N–H and O–H groups in total. The maximum absolute atomic E-state index is 13.2. The summed E-state index contributed by atoms with van der Waals surface area (Å²) < 4.78 is 8.12. The van der Waals surface area contributed by atoms with E-state index in [9.17, 15) is 9.59 Å². The van der Waals surface area contributed by atoms with E-state index in [1.54, 1.807) is 25.4 Å². The SMILES string of the molecule is CCn1c(Nc2ccc(C(=O)N3CCC(N4CCCCC4)CC3)cc2)nc2cc(Oc3ccnc(C(=O)NC)c3)ccc21. The van der Waals surface area contributed by atoms with Crippen molar-refractivity contribution in [3.8, 4) is 11.5 Å². The molecule has 0 spiro atoms. The highest BCUT2D eigenvalue weighted by atomic mass is 16.5. The molecule has 2 fully saturated rings. The lowest BCUT2D eigenvalue weighted by atomic mass is 9.99. The number of ether oxygens (including phenoxy) is 1. The lowest BCUT2D eigenvalue weighted by Crippen LogP contribution is -2.48. The van der Waals surface area contributed by atoms with Crippen molar-refractivity contribution < 1.29 is 14.3 Å². The summed E-state index contributed by atoms with van der Waals surface area (Å²) >= 11 is 0. The molecule has 2 aliphatic rings. The quantitative estimate of drug-likeness (QED) is 0.286. The van der Waals surface area contributed by atoms with Crippen molar-refractivity contribution in [2.75, 3.05) is 38.5 Å². The molecule has 0 unspecified atom stereocenters. The number of imidazole rings is 1. The Labute approximate surface area is 252 Å². The van der Waals surface area contributed by atoms with Gasteiger partial charge >= 0.3 is 0 Å². The molecule has 2 amide bonds. The number of carbonyl (C=O) groups is 2. The topological polar surface area (TPSA) is 105 Å². The van der Waals surface area contributed by atoms with E-state index in [4.69, 9.17) is 9.72 Å². The summed E-state index contributed by atoms with van der Waals surface area (Å²) in [5, 5.41) is 5.99. The predicted octanol–water partition coefficient (Wildman–Crippen LogP) is 5.44. The smallest absolute Gasteiger partial charge is 0.269 e. The number of amides is 2. The molecule has 10 nitrogen and oxygen atoms in total. The number of anilines is 2. The summed E-state index contributed by atoms with van der Waals surface area (Å²) in [6, 6.07) is 17.3. The first kappa shape index (κ1) is 28.7. The van der Waals surface area contributed by atoms with Crippen LogP contribution in [0.4, 0.5) is 11.6 Å². The number of fused-ring (bicyclic) bond motifs is 1. The number of rotatable bonds is 8. The van der Waals surface area contributed by atoms with Crippen LogP contribution in [0.2, 0.25) is 0 Å². The fraction of sp³-hybridized carbons (Fsp3) is 0.394. The van der Waals surface area contributed by atoms with Crippen LogP contribution in [0.5, 0.6) is 11.5 Å². The number of piperidine rings is 2. The normalized spacial score (nSPS) is 16.3. The third-order valence-corrected chi connectivity index (χ3v) is 8.51. The summed E-state index contributed by atoms with van der Waals surface area (Å²) in [5.74, 6) is 1.66. The van der Waals surface area contributed by atoms with Gasteiger partial charge in [0.25, 0.3) is 11.8 Å². The Kier molecular flexibility index (Phi) is 8.55. The molecule has 2 aromatic heterocycles. The Balaban J connectivity index is 1.11. The molecule has 0 radical (unpaired) electrons. The van der Waals surface area contributed by atoms with E-state index < -0.39 is 0 Å². The van der Waals surface area contributed by atoms with Crippen molar-refractivity contribution in [1.29, 1.82) is 0 Å². The zero-order valence-electron chi connectivity index (χ0n) is 24.9. The maximum Gasteiger partial charge on any atom is 0.269 e. The Morgan fingerprint density at radius 1 is 0.930 bits per heavy atom. The van der Waals surface area contributed by atoms with Crippen LogP contribution in [0.1, 0.15) is 59.9 Å². The molecule has 6 rings (SSSR count). The number of nitrogens with one attached hydrogen (secondary N) is 2. The number of aromatic nitrogens is 3. The molecule has 43 heavy (non-hydrogen) atoms. The largest absolute Gasteiger partial charge is 0.457 e. The van der Waals surface area contributed by atoms with E-state index in [1.165, 1.54) is 32.4 Å². The standard InChI is InChI=1S/C33H39N7O3/c1-3-40-30-12-11-26(43-27-13-16-35-29(22-27)31(41)34-2)21-28(30)37-33(40)36-24-9-7-23(8-10-24)32(42)39-19-14-25(15-20-39)38-17-5-4-6-18-38/h7-13,16,21-22,25H,3-6,14-15,17-20H2,1-2H3,(H,34,41)(H,36,37). The van der Waals surface area contributed by atoms with Gasteiger partial charge in [-0.25, -0.2) is 4.98 Å². The third-order valence-electron chi connectivity index (χ3n) is 8.51. The lowest BCUT2D eigenvalue weighted by Gasteiger charge is -2.40. The fourth-order valence-corrected chi connectivity index (χ4v) is 6.18. The zero-order valence-corrected chi connectivity index (χ0v) is 24.9. The molecular formula is C33H39N7O3. The molecule has 2 saturated heterocycles. The van der Waals surface area contributed by atoms with E-state index in [-0.39, 0.29) is 17.5 Å². The average molecular weight is 582 g/mol. The van der Waals surface area contributed by atoms with Gasteiger partial charge in [0.15, 0.2) is 0 Å². The minimum atomic E-state index is -0.274. The number of carbonyl (C=O) groups excluding carboxylic acids is 2. The van der Waals surface area contributed by atoms with Crippen molar-refractivity contribution in [2.24, 2.45) is 0 Å². The van der Waals surface area contributed by atoms with Gasteiger partial charge in [-0.05, 0) is 88.2 Å². The van der Waals surface area contributed by atoms with Gasteiger partial charge in [0.1, 0.15) is 17.2 Å².